The fourth-order valence-electron chi connectivity index (χ4n) is 3.01. The molecule has 0 unspecified atom stereocenters. The smallest absolute Gasteiger partial charge is 0.245 e. The predicted molar refractivity (Wildman–Crippen MR) is 115 cm³/mol. The van der Waals surface area contributed by atoms with Crippen molar-refractivity contribution in [2.45, 2.75) is 31.1 Å². The molecule has 1 aliphatic heterocycles. The molecular weight excluding hydrogens is 402 g/mol. The van der Waals surface area contributed by atoms with Crippen LogP contribution in [0, 0.1) is 6.92 Å². The first kappa shape index (κ1) is 20.1. The number of nitrogens with one attached hydrogen (secondary N) is 2. The van der Waals surface area contributed by atoms with E-state index in [4.69, 9.17) is 23.8 Å². The highest BCUT2D eigenvalue weighted by Crippen LogP contribution is 2.28. The molecule has 27 heavy (non-hydrogen) atoms. The second kappa shape index (κ2) is 8.56. The maximum Gasteiger partial charge on any atom is 0.245 e. The molecule has 0 spiro atoms. The SMILES string of the molecule is Cc1ccc(NC(=S)Nc2ccc(Cl)cc2)c(S(=O)(=O)N2CCCCC2)c1. The first-order valence-electron chi connectivity index (χ1n) is 8.80. The van der Waals surface area contributed by atoms with Gasteiger partial charge in [0.2, 0.25) is 10.0 Å². The summed E-state index contributed by atoms with van der Waals surface area (Å²) in [5, 5.41) is 7.02. The van der Waals surface area contributed by atoms with Gasteiger partial charge in [-0.3, -0.25) is 0 Å². The van der Waals surface area contributed by atoms with Crippen molar-refractivity contribution in [2.75, 3.05) is 23.7 Å². The van der Waals surface area contributed by atoms with Crippen LogP contribution in [0.2, 0.25) is 5.02 Å². The summed E-state index contributed by atoms with van der Waals surface area (Å²) in [6.45, 7) is 3.00. The minimum Gasteiger partial charge on any atom is -0.332 e. The molecule has 1 aliphatic rings. The van der Waals surface area contributed by atoms with Gasteiger partial charge >= 0.3 is 0 Å². The quantitative estimate of drug-likeness (QED) is 0.702. The van der Waals surface area contributed by atoms with Gasteiger partial charge in [-0.05, 0) is 73.9 Å². The summed E-state index contributed by atoms with van der Waals surface area (Å²) in [7, 11) is -3.57. The van der Waals surface area contributed by atoms with Gasteiger partial charge in [-0.25, -0.2) is 8.42 Å². The van der Waals surface area contributed by atoms with Gasteiger partial charge in [-0.15, -0.1) is 0 Å². The van der Waals surface area contributed by atoms with Gasteiger partial charge in [-0.2, -0.15) is 4.31 Å². The third-order valence-electron chi connectivity index (χ3n) is 4.42. The molecule has 8 heteroatoms. The maximum atomic E-state index is 13.1. The van der Waals surface area contributed by atoms with Crippen molar-refractivity contribution in [3.05, 3.63) is 53.1 Å². The summed E-state index contributed by atoms with van der Waals surface area (Å²) >= 11 is 11.2. The number of halogens is 1. The number of nitrogens with zero attached hydrogens (tertiary/aromatic N) is 1. The summed E-state index contributed by atoms with van der Waals surface area (Å²) in [4.78, 5) is 0.254. The molecule has 144 valence electrons. The van der Waals surface area contributed by atoms with Crippen molar-refractivity contribution < 1.29 is 8.42 Å². The zero-order valence-corrected chi connectivity index (χ0v) is 17.4. The molecule has 0 saturated carbocycles. The number of thiocarbonyl (C=S) groups is 1. The molecule has 0 radical (unpaired) electrons. The number of piperidine rings is 1. The molecule has 1 saturated heterocycles. The molecule has 2 aromatic rings. The Bertz CT molecular complexity index is 924. The highest BCUT2D eigenvalue weighted by Gasteiger charge is 2.28. The van der Waals surface area contributed by atoms with E-state index in [2.05, 4.69) is 10.6 Å². The van der Waals surface area contributed by atoms with Gasteiger partial charge in [0, 0.05) is 23.8 Å². The monoisotopic (exact) mass is 423 g/mol. The Balaban J connectivity index is 1.83. The van der Waals surface area contributed by atoms with E-state index in [1.54, 1.807) is 40.7 Å². The van der Waals surface area contributed by atoms with Crippen LogP contribution >= 0.6 is 23.8 Å². The van der Waals surface area contributed by atoms with Gasteiger partial charge < -0.3 is 10.6 Å². The van der Waals surface area contributed by atoms with Crippen LogP contribution in [0.1, 0.15) is 24.8 Å². The van der Waals surface area contributed by atoms with Gasteiger partial charge in [0.05, 0.1) is 5.69 Å². The highest BCUT2D eigenvalue weighted by molar-refractivity contribution is 7.89. The second-order valence-electron chi connectivity index (χ2n) is 6.55. The largest absolute Gasteiger partial charge is 0.332 e. The lowest BCUT2D eigenvalue weighted by Crippen LogP contribution is -2.36. The van der Waals surface area contributed by atoms with Gasteiger partial charge in [0.1, 0.15) is 4.90 Å². The fourth-order valence-corrected chi connectivity index (χ4v) is 5.11. The first-order chi connectivity index (χ1) is 12.9. The molecule has 0 atom stereocenters. The van der Waals surface area contributed by atoms with E-state index >= 15 is 0 Å². The van der Waals surface area contributed by atoms with Crippen LogP contribution in [-0.2, 0) is 10.0 Å². The number of aryl methyl sites for hydroxylation is 1. The van der Waals surface area contributed by atoms with Crippen LogP contribution in [0.5, 0.6) is 0 Å². The fraction of sp³-hybridized carbons (Fsp3) is 0.316. The van der Waals surface area contributed by atoms with Crippen molar-refractivity contribution in [1.29, 1.82) is 0 Å². The van der Waals surface area contributed by atoms with Crippen LogP contribution in [0.15, 0.2) is 47.4 Å². The molecule has 0 aromatic heterocycles. The van der Waals surface area contributed by atoms with Gasteiger partial charge in [-0.1, -0.05) is 24.1 Å². The zero-order valence-electron chi connectivity index (χ0n) is 15.0. The topological polar surface area (TPSA) is 61.4 Å². The number of hydrogen-bond donors (Lipinski definition) is 2. The molecule has 2 aromatic carbocycles. The van der Waals surface area contributed by atoms with Crippen molar-refractivity contribution in [3.8, 4) is 0 Å². The summed E-state index contributed by atoms with van der Waals surface area (Å²) in [6.07, 6.45) is 2.86. The van der Waals surface area contributed by atoms with Crippen LogP contribution in [-0.4, -0.2) is 30.9 Å². The van der Waals surface area contributed by atoms with Gasteiger partial charge in [0.25, 0.3) is 0 Å². The minimum absolute atomic E-state index is 0.254. The lowest BCUT2D eigenvalue weighted by atomic mass is 10.2. The Hall–Kier alpha value is -1.67. The van der Waals surface area contributed by atoms with Crippen molar-refractivity contribution in [2.24, 2.45) is 0 Å². The van der Waals surface area contributed by atoms with E-state index in [9.17, 15) is 8.42 Å². The lowest BCUT2D eigenvalue weighted by Gasteiger charge is -2.27. The average molecular weight is 424 g/mol. The summed E-state index contributed by atoms with van der Waals surface area (Å²) < 4.78 is 27.9. The van der Waals surface area contributed by atoms with Crippen LogP contribution < -0.4 is 10.6 Å². The predicted octanol–water partition coefficient (Wildman–Crippen LogP) is 4.63. The van der Waals surface area contributed by atoms with E-state index in [0.717, 1.165) is 30.5 Å². The molecule has 5 nitrogen and oxygen atoms in total. The van der Waals surface area contributed by atoms with Crippen molar-refractivity contribution in [3.63, 3.8) is 0 Å². The molecule has 2 N–H and O–H groups in total. The molecule has 1 fully saturated rings. The molecule has 0 aliphatic carbocycles. The standard InChI is InChI=1S/C19H22ClN3O2S2/c1-14-5-10-17(22-19(26)21-16-8-6-15(20)7-9-16)18(13-14)27(24,25)23-11-3-2-4-12-23/h5-10,13H,2-4,11-12H2,1H3,(H2,21,22,26). The van der Waals surface area contributed by atoms with Crippen molar-refractivity contribution in [1.82, 2.24) is 4.31 Å². The Morgan fingerprint density at radius 2 is 1.70 bits per heavy atom. The molecule has 0 bridgehead atoms. The Kier molecular flexibility index (Phi) is 6.37. The van der Waals surface area contributed by atoms with Crippen LogP contribution in [0.25, 0.3) is 0 Å². The molecule has 0 amide bonds. The van der Waals surface area contributed by atoms with E-state index in [1.165, 1.54) is 0 Å². The third kappa shape index (κ3) is 4.99. The summed E-state index contributed by atoms with van der Waals surface area (Å²) in [6, 6.07) is 12.4. The Morgan fingerprint density at radius 3 is 2.37 bits per heavy atom. The normalized spacial score (nSPS) is 15.3. The number of hydrogen-bond acceptors (Lipinski definition) is 3. The number of anilines is 2. The number of benzene rings is 2. The van der Waals surface area contributed by atoms with E-state index in [1.807, 2.05) is 13.0 Å². The van der Waals surface area contributed by atoms with Gasteiger partial charge in [0.15, 0.2) is 5.11 Å². The van der Waals surface area contributed by atoms with Crippen LogP contribution in [0.3, 0.4) is 0 Å². The van der Waals surface area contributed by atoms with E-state index in [-0.39, 0.29) is 4.90 Å². The second-order valence-corrected chi connectivity index (χ2v) is 9.30. The zero-order chi connectivity index (χ0) is 19.4. The maximum absolute atomic E-state index is 13.1. The summed E-state index contributed by atoms with van der Waals surface area (Å²) in [5.74, 6) is 0. The summed E-state index contributed by atoms with van der Waals surface area (Å²) in [5.41, 5.74) is 2.12. The first-order valence-corrected chi connectivity index (χ1v) is 11.0. The highest BCUT2D eigenvalue weighted by atomic mass is 35.5. The van der Waals surface area contributed by atoms with Crippen LogP contribution in [0.4, 0.5) is 11.4 Å². The molecule has 1 heterocycles. The third-order valence-corrected chi connectivity index (χ3v) is 6.81. The molecule has 3 rings (SSSR count). The lowest BCUT2D eigenvalue weighted by molar-refractivity contribution is 0.347. The average Bonchev–Trinajstić information content (AvgIpc) is 2.65. The van der Waals surface area contributed by atoms with E-state index in [0.29, 0.717) is 28.9 Å². The number of sulfonamides is 1. The number of rotatable bonds is 4. The minimum atomic E-state index is -3.57. The van der Waals surface area contributed by atoms with E-state index < -0.39 is 10.0 Å². The Labute approximate surface area is 170 Å². The Morgan fingerprint density at radius 1 is 1.04 bits per heavy atom. The van der Waals surface area contributed by atoms with Crippen molar-refractivity contribution >= 4 is 50.3 Å². The molecular formula is C19H22ClN3O2S2.